The molecule has 1 atom stereocenters. The highest BCUT2D eigenvalue weighted by atomic mass is 32.2. The zero-order valence-corrected chi connectivity index (χ0v) is 19.2. The van der Waals surface area contributed by atoms with Gasteiger partial charge >= 0.3 is 6.18 Å². The molecule has 11 heteroatoms. The van der Waals surface area contributed by atoms with Crippen LogP contribution >= 0.6 is 0 Å². The summed E-state index contributed by atoms with van der Waals surface area (Å²) in [6.07, 6.45) is -3.43. The van der Waals surface area contributed by atoms with E-state index in [0.717, 1.165) is 12.3 Å². The van der Waals surface area contributed by atoms with Gasteiger partial charge in [0, 0.05) is 25.2 Å². The van der Waals surface area contributed by atoms with Crippen molar-refractivity contribution in [3.63, 3.8) is 0 Å². The number of alkyl halides is 3. The zero-order valence-electron chi connectivity index (χ0n) is 18.3. The van der Waals surface area contributed by atoms with Gasteiger partial charge in [-0.2, -0.15) is 18.4 Å². The number of hydrogen-bond donors (Lipinski definition) is 2. The monoisotopic (exact) mass is 495 g/mol. The third-order valence-electron chi connectivity index (χ3n) is 6.01. The lowest BCUT2D eigenvalue weighted by Gasteiger charge is -2.40. The predicted molar refractivity (Wildman–Crippen MR) is 119 cm³/mol. The minimum Gasteiger partial charge on any atom is -0.379 e. The molecule has 7 nitrogen and oxygen atoms in total. The van der Waals surface area contributed by atoms with Crippen LogP contribution in [0, 0.1) is 17.2 Å². The molecule has 0 radical (unpaired) electrons. The number of hydrogen-bond acceptors (Lipinski definition) is 5. The summed E-state index contributed by atoms with van der Waals surface area (Å²) in [6, 6.07) is 12.9. The number of nitriles is 1. The molecule has 2 aromatic rings. The van der Waals surface area contributed by atoms with Gasteiger partial charge in [0.15, 0.2) is 0 Å². The van der Waals surface area contributed by atoms with Crippen LogP contribution < -0.4 is 5.32 Å². The summed E-state index contributed by atoms with van der Waals surface area (Å²) in [5.41, 5.74) is -3.35. The average Bonchev–Trinajstić information content (AvgIpc) is 2.78. The highest BCUT2D eigenvalue weighted by molar-refractivity contribution is 7.88. The Morgan fingerprint density at radius 1 is 1.18 bits per heavy atom. The van der Waals surface area contributed by atoms with E-state index in [0.29, 0.717) is 11.6 Å². The number of aliphatic hydroxyl groups is 1. The number of sulfonamides is 1. The maximum atomic E-state index is 13.3. The molecule has 0 aliphatic carbocycles. The quantitative estimate of drug-likeness (QED) is 0.640. The Bertz CT molecular complexity index is 1190. The molecule has 0 saturated carbocycles. The Balaban J connectivity index is 1.91. The van der Waals surface area contributed by atoms with Crippen LogP contribution in [0.1, 0.15) is 29.5 Å². The van der Waals surface area contributed by atoms with Crippen molar-refractivity contribution in [3.8, 4) is 6.07 Å². The van der Waals surface area contributed by atoms with E-state index in [2.05, 4.69) is 5.32 Å². The molecule has 2 N–H and O–H groups in total. The molecule has 2 aromatic carbocycles. The molecule has 1 fully saturated rings. The SMILES string of the molecule is CS(=O)(=O)N1CCC(C(O)(Cc2ccccc2)C(=O)Nc2ccc(C#N)c(C(F)(F)F)c2)CC1. The number of nitrogens with one attached hydrogen (secondary N) is 1. The Morgan fingerprint density at radius 2 is 1.79 bits per heavy atom. The Hall–Kier alpha value is -2.94. The summed E-state index contributed by atoms with van der Waals surface area (Å²) in [5, 5.41) is 22.9. The number of benzene rings is 2. The van der Waals surface area contributed by atoms with Crippen LogP contribution in [0.5, 0.6) is 0 Å². The molecule has 0 aromatic heterocycles. The molecule has 1 aliphatic rings. The molecule has 1 unspecified atom stereocenters. The van der Waals surface area contributed by atoms with Crippen molar-refractivity contribution >= 4 is 21.6 Å². The third kappa shape index (κ3) is 5.75. The van der Waals surface area contributed by atoms with Gasteiger partial charge in [0.2, 0.25) is 10.0 Å². The Labute approximate surface area is 195 Å². The third-order valence-corrected chi connectivity index (χ3v) is 7.31. The molecule has 1 aliphatic heterocycles. The fraction of sp³-hybridized carbons (Fsp3) is 0.391. The van der Waals surface area contributed by atoms with Gasteiger partial charge in [-0.15, -0.1) is 0 Å². The van der Waals surface area contributed by atoms with Crippen molar-refractivity contribution < 1.29 is 31.5 Å². The Morgan fingerprint density at radius 3 is 2.32 bits per heavy atom. The first-order chi connectivity index (χ1) is 15.8. The van der Waals surface area contributed by atoms with Gasteiger partial charge in [-0.3, -0.25) is 4.79 Å². The van der Waals surface area contributed by atoms with E-state index in [-0.39, 0.29) is 38.0 Å². The second-order valence-corrected chi connectivity index (χ2v) is 10.3. The fourth-order valence-corrected chi connectivity index (χ4v) is 5.05. The lowest BCUT2D eigenvalue weighted by atomic mass is 9.76. The second-order valence-electron chi connectivity index (χ2n) is 8.35. The van der Waals surface area contributed by atoms with Crippen molar-refractivity contribution in [2.75, 3.05) is 24.7 Å². The van der Waals surface area contributed by atoms with Crippen LogP contribution in [-0.4, -0.2) is 48.7 Å². The van der Waals surface area contributed by atoms with Crippen molar-refractivity contribution in [3.05, 3.63) is 65.2 Å². The molecule has 1 amide bonds. The van der Waals surface area contributed by atoms with Crippen LogP contribution in [0.4, 0.5) is 18.9 Å². The number of amides is 1. The highest BCUT2D eigenvalue weighted by Gasteiger charge is 2.46. The summed E-state index contributed by atoms with van der Waals surface area (Å²) in [5.74, 6) is -1.53. The minimum atomic E-state index is -4.80. The molecule has 3 rings (SSSR count). The molecule has 34 heavy (non-hydrogen) atoms. The van der Waals surface area contributed by atoms with Crippen molar-refractivity contribution in [2.24, 2.45) is 5.92 Å². The first-order valence-corrected chi connectivity index (χ1v) is 12.3. The molecule has 1 heterocycles. The lowest BCUT2D eigenvalue weighted by Crippen LogP contribution is -2.54. The summed E-state index contributed by atoms with van der Waals surface area (Å²) in [6.45, 7) is 0.228. The summed E-state index contributed by atoms with van der Waals surface area (Å²) < 4.78 is 64.9. The standard InChI is InChI=1S/C23H24F3N3O4S/c1-34(32,33)29-11-9-18(10-12-29)22(31,14-16-5-3-2-4-6-16)21(30)28-19-8-7-17(15-27)20(13-19)23(24,25)26/h2-8,13,18,31H,9-12,14H2,1H3,(H,28,30). The van der Waals surface area contributed by atoms with Crippen molar-refractivity contribution in [2.45, 2.75) is 31.0 Å². The first kappa shape index (κ1) is 25.7. The maximum absolute atomic E-state index is 13.3. The van der Waals surface area contributed by atoms with Crippen molar-refractivity contribution in [1.29, 1.82) is 5.26 Å². The van der Waals surface area contributed by atoms with Crippen LogP contribution in [0.25, 0.3) is 0 Å². The number of anilines is 1. The van der Waals surface area contributed by atoms with E-state index in [4.69, 9.17) is 5.26 Å². The van der Waals surface area contributed by atoms with Gasteiger partial charge in [-0.25, -0.2) is 12.7 Å². The largest absolute Gasteiger partial charge is 0.417 e. The molecule has 0 spiro atoms. The zero-order chi connectivity index (χ0) is 25.1. The summed E-state index contributed by atoms with van der Waals surface area (Å²) in [4.78, 5) is 13.3. The van der Waals surface area contributed by atoms with Crippen LogP contribution in [0.15, 0.2) is 48.5 Å². The average molecular weight is 496 g/mol. The maximum Gasteiger partial charge on any atom is 0.417 e. The van der Waals surface area contributed by atoms with Crippen LogP contribution in [0.3, 0.4) is 0 Å². The van der Waals surface area contributed by atoms with Crippen LogP contribution in [0.2, 0.25) is 0 Å². The minimum absolute atomic E-state index is 0.106. The topological polar surface area (TPSA) is 110 Å². The smallest absolute Gasteiger partial charge is 0.379 e. The second kappa shape index (κ2) is 9.74. The van der Waals surface area contributed by atoms with E-state index >= 15 is 0 Å². The summed E-state index contributed by atoms with van der Waals surface area (Å²) in [7, 11) is -3.43. The Kier molecular flexibility index (Phi) is 7.35. The number of carbonyl (C=O) groups excluding carboxylic acids is 1. The van der Waals surface area contributed by atoms with E-state index in [9.17, 15) is 31.5 Å². The fourth-order valence-electron chi connectivity index (χ4n) is 4.18. The lowest BCUT2D eigenvalue weighted by molar-refractivity contribution is -0.142. The van der Waals surface area contributed by atoms with Crippen molar-refractivity contribution in [1.82, 2.24) is 4.31 Å². The summed E-state index contributed by atoms with van der Waals surface area (Å²) >= 11 is 0. The van der Waals surface area contributed by atoms with Gasteiger partial charge < -0.3 is 10.4 Å². The van der Waals surface area contributed by atoms with E-state index in [1.54, 1.807) is 30.3 Å². The van der Waals surface area contributed by atoms with Gasteiger partial charge in [0.25, 0.3) is 5.91 Å². The predicted octanol–water partition coefficient (Wildman–Crippen LogP) is 3.16. The molecule has 182 valence electrons. The van der Waals surface area contributed by atoms with E-state index < -0.39 is 44.8 Å². The molecular formula is C23H24F3N3O4S. The normalized spacial score (nSPS) is 17.5. The number of nitrogens with zero attached hydrogens (tertiary/aromatic N) is 2. The van der Waals surface area contributed by atoms with Gasteiger partial charge in [-0.1, -0.05) is 30.3 Å². The number of piperidine rings is 1. The van der Waals surface area contributed by atoms with Gasteiger partial charge in [-0.05, 0) is 42.5 Å². The van der Waals surface area contributed by atoms with E-state index in [1.807, 2.05) is 0 Å². The van der Waals surface area contributed by atoms with Gasteiger partial charge in [0.1, 0.15) is 5.60 Å². The number of halogens is 3. The first-order valence-electron chi connectivity index (χ1n) is 10.5. The molecular weight excluding hydrogens is 471 g/mol. The van der Waals surface area contributed by atoms with Crippen LogP contribution in [-0.2, 0) is 27.4 Å². The van der Waals surface area contributed by atoms with Gasteiger partial charge in [0.05, 0.1) is 23.5 Å². The molecule has 0 bridgehead atoms. The number of carbonyl (C=O) groups is 1. The number of rotatable bonds is 6. The highest BCUT2D eigenvalue weighted by Crippen LogP contribution is 2.36. The molecule has 1 saturated heterocycles. The van der Waals surface area contributed by atoms with E-state index in [1.165, 1.54) is 16.4 Å².